The summed E-state index contributed by atoms with van der Waals surface area (Å²) in [4.78, 5) is 4.52. The first-order valence-corrected chi connectivity index (χ1v) is 8.64. The van der Waals surface area contributed by atoms with Crippen molar-refractivity contribution < 1.29 is 9.13 Å². The third-order valence-electron chi connectivity index (χ3n) is 3.51. The number of allylic oxidation sites excluding steroid dienone is 1. The highest BCUT2D eigenvalue weighted by Crippen LogP contribution is 2.29. The van der Waals surface area contributed by atoms with Crippen LogP contribution in [0.4, 0.5) is 4.39 Å². The summed E-state index contributed by atoms with van der Waals surface area (Å²) in [5, 5.41) is 12.0. The van der Waals surface area contributed by atoms with E-state index in [2.05, 4.69) is 11.1 Å². The van der Waals surface area contributed by atoms with Crippen LogP contribution in [0.1, 0.15) is 17.5 Å². The number of aromatic nitrogens is 1. The molecule has 0 saturated heterocycles. The Balaban J connectivity index is 1.95. The van der Waals surface area contributed by atoms with Crippen molar-refractivity contribution in [3.8, 4) is 23.1 Å². The SMILES string of the molecule is CCOc1ccccc1/C=C(/C#N)c1nc(-c2ccc(F)cc2)cs1. The second-order valence-corrected chi connectivity index (χ2v) is 6.04. The van der Waals surface area contributed by atoms with Gasteiger partial charge in [-0.2, -0.15) is 5.26 Å². The lowest BCUT2D eigenvalue weighted by Crippen LogP contribution is -1.93. The van der Waals surface area contributed by atoms with Gasteiger partial charge in [0, 0.05) is 16.5 Å². The van der Waals surface area contributed by atoms with E-state index >= 15 is 0 Å². The van der Waals surface area contributed by atoms with Gasteiger partial charge in [-0.25, -0.2) is 9.37 Å². The summed E-state index contributed by atoms with van der Waals surface area (Å²) in [5.74, 6) is 0.442. The van der Waals surface area contributed by atoms with Crippen LogP contribution in [0.5, 0.6) is 5.75 Å². The molecule has 3 nitrogen and oxygen atoms in total. The van der Waals surface area contributed by atoms with Gasteiger partial charge in [-0.15, -0.1) is 11.3 Å². The maximum Gasteiger partial charge on any atom is 0.134 e. The highest BCUT2D eigenvalue weighted by atomic mass is 32.1. The Hall–Kier alpha value is -2.97. The number of nitriles is 1. The maximum atomic E-state index is 13.1. The predicted octanol–water partition coefficient (Wildman–Crippen LogP) is 5.41. The molecule has 3 rings (SSSR count). The normalized spacial score (nSPS) is 11.2. The molecule has 25 heavy (non-hydrogen) atoms. The maximum absolute atomic E-state index is 13.1. The molecule has 0 aliphatic carbocycles. The molecule has 0 fully saturated rings. The Morgan fingerprint density at radius 1 is 1.24 bits per heavy atom. The lowest BCUT2D eigenvalue weighted by Gasteiger charge is -2.06. The molecule has 3 aromatic rings. The molecule has 0 radical (unpaired) electrons. The fourth-order valence-electron chi connectivity index (χ4n) is 2.33. The topological polar surface area (TPSA) is 45.9 Å². The summed E-state index contributed by atoms with van der Waals surface area (Å²) in [7, 11) is 0. The van der Waals surface area contributed by atoms with E-state index in [0.717, 1.165) is 22.6 Å². The Kier molecular flexibility index (Phi) is 5.22. The van der Waals surface area contributed by atoms with Crippen LogP contribution in [-0.4, -0.2) is 11.6 Å². The summed E-state index contributed by atoms with van der Waals surface area (Å²) in [6, 6.07) is 15.9. The zero-order valence-electron chi connectivity index (χ0n) is 13.6. The lowest BCUT2D eigenvalue weighted by molar-refractivity contribution is 0.339. The van der Waals surface area contributed by atoms with Crippen molar-refractivity contribution in [2.75, 3.05) is 6.61 Å². The first-order valence-electron chi connectivity index (χ1n) is 7.76. The van der Waals surface area contributed by atoms with Gasteiger partial charge in [0.25, 0.3) is 0 Å². The van der Waals surface area contributed by atoms with Gasteiger partial charge in [-0.1, -0.05) is 18.2 Å². The van der Waals surface area contributed by atoms with Crippen molar-refractivity contribution in [1.29, 1.82) is 5.26 Å². The Labute approximate surface area is 149 Å². The number of nitrogens with zero attached hydrogens (tertiary/aromatic N) is 2. The van der Waals surface area contributed by atoms with Crippen LogP contribution in [0.3, 0.4) is 0 Å². The Bertz CT molecular complexity index is 939. The van der Waals surface area contributed by atoms with Crippen LogP contribution in [-0.2, 0) is 0 Å². The van der Waals surface area contributed by atoms with Gasteiger partial charge in [0.2, 0.25) is 0 Å². The summed E-state index contributed by atoms with van der Waals surface area (Å²) in [5.41, 5.74) is 2.83. The minimum Gasteiger partial charge on any atom is -0.493 e. The van der Waals surface area contributed by atoms with E-state index in [1.165, 1.54) is 23.5 Å². The molecule has 124 valence electrons. The summed E-state index contributed by atoms with van der Waals surface area (Å²) >= 11 is 1.38. The molecule has 0 spiro atoms. The van der Waals surface area contributed by atoms with E-state index in [0.29, 0.717) is 17.2 Å². The van der Waals surface area contributed by atoms with Crippen molar-refractivity contribution in [1.82, 2.24) is 4.98 Å². The predicted molar refractivity (Wildman–Crippen MR) is 98.6 cm³/mol. The average Bonchev–Trinajstić information content (AvgIpc) is 3.11. The summed E-state index contributed by atoms with van der Waals surface area (Å²) < 4.78 is 18.6. The smallest absolute Gasteiger partial charge is 0.134 e. The largest absolute Gasteiger partial charge is 0.493 e. The summed E-state index contributed by atoms with van der Waals surface area (Å²) in [6.07, 6.45) is 1.78. The van der Waals surface area contributed by atoms with E-state index in [-0.39, 0.29) is 5.82 Å². The van der Waals surface area contributed by atoms with Crippen LogP contribution in [0.25, 0.3) is 22.9 Å². The van der Waals surface area contributed by atoms with E-state index in [1.54, 1.807) is 18.2 Å². The van der Waals surface area contributed by atoms with Crippen LogP contribution in [0.2, 0.25) is 0 Å². The van der Waals surface area contributed by atoms with Gasteiger partial charge in [0.1, 0.15) is 22.6 Å². The molecule has 5 heteroatoms. The van der Waals surface area contributed by atoms with Crippen LogP contribution < -0.4 is 4.74 Å². The molecule has 0 aliphatic heterocycles. The molecule has 0 bridgehead atoms. The monoisotopic (exact) mass is 350 g/mol. The molecule has 1 heterocycles. The van der Waals surface area contributed by atoms with Gasteiger partial charge in [-0.3, -0.25) is 0 Å². The number of rotatable bonds is 5. The zero-order valence-corrected chi connectivity index (χ0v) is 14.4. The fraction of sp³-hybridized carbons (Fsp3) is 0.100. The van der Waals surface area contributed by atoms with Crippen molar-refractivity contribution in [2.24, 2.45) is 0 Å². The van der Waals surface area contributed by atoms with Crippen LogP contribution in [0, 0.1) is 17.1 Å². The van der Waals surface area contributed by atoms with Crippen molar-refractivity contribution >= 4 is 23.0 Å². The van der Waals surface area contributed by atoms with Gasteiger partial charge in [0.05, 0.1) is 17.9 Å². The minimum atomic E-state index is -0.288. The number of para-hydroxylation sites is 1. The van der Waals surface area contributed by atoms with Crippen molar-refractivity contribution in [3.63, 3.8) is 0 Å². The van der Waals surface area contributed by atoms with Gasteiger partial charge < -0.3 is 4.74 Å². The van der Waals surface area contributed by atoms with Gasteiger partial charge in [0.15, 0.2) is 0 Å². The molecule has 0 aliphatic rings. The lowest BCUT2D eigenvalue weighted by atomic mass is 10.1. The number of benzene rings is 2. The van der Waals surface area contributed by atoms with Crippen molar-refractivity contribution in [3.05, 3.63) is 70.3 Å². The van der Waals surface area contributed by atoms with E-state index in [1.807, 2.05) is 36.6 Å². The zero-order chi connectivity index (χ0) is 17.6. The summed E-state index contributed by atoms with van der Waals surface area (Å²) in [6.45, 7) is 2.47. The fourth-order valence-corrected chi connectivity index (χ4v) is 3.13. The Morgan fingerprint density at radius 2 is 2.00 bits per heavy atom. The highest BCUT2D eigenvalue weighted by molar-refractivity contribution is 7.11. The third kappa shape index (κ3) is 3.93. The first kappa shape index (κ1) is 16.9. The number of hydrogen-bond acceptors (Lipinski definition) is 4. The van der Waals surface area contributed by atoms with E-state index < -0.39 is 0 Å². The second-order valence-electron chi connectivity index (χ2n) is 5.19. The van der Waals surface area contributed by atoms with Crippen LogP contribution in [0.15, 0.2) is 53.9 Å². The molecule has 0 atom stereocenters. The first-order chi connectivity index (χ1) is 12.2. The molecule has 0 amide bonds. The van der Waals surface area contributed by atoms with E-state index in [9.17, 15) is 9.65 Å². The number of halogens is 1. The molecular weight excluding hydrogens is 335 g/mol. The van der Waals surface area contributed by atoms with Crippen LogP contribution >= 0.6 is 11.3 Å². The Morgan fingerprint density at radius 3 is 2.72 bits per heavy atom. The standard InChI is InChI=1S/C20H15FN2OS/c1-2-24-19-6-4-3-5-15(19)11-16(12-22)20-23-18(13-25-20)14-7-9-17(21)10-8-14/h3-11,13H,2H2,1H3/b16-11-. The average molecular weight is 350 g/mol. The molecule has 1 aromatic heterocycles. The van der Waals surface area contributed by atoms with E-state index in [4.69, 9.17) is 4.74 Å². The van der Waals surface area contributed by atoms with Crippen molar-refractivity contribution in [2.45, 2.75) is 6.92 Å². The quantitative estimate of drug-likeness (QED) is 0.578. The molecule has 0 saturated carbocycles. The number of thiazole rings is 1. The second kappa shape index (κ2) is 7.73. The van der Waals surface area contributed by atoms with Gasteiger partial charge >= 0.3 is 0 Å². The molecule has 2 aromatic carbocycles. The number of ether oxygens (including phenoxy) is 1. The molecule has 0 unspecified atom stereocenters. The third-order valence-corrected chi connectivity index (χ3v) is 4.39. The highest BCUT2D eigenvalue weighted by Gasteiger charge is 2.10. The molecular formula is C20H15FN2OS. The number of hydrogen-bond donors (Lipinski definition) is 0. The van der Waals surface area contributed by atoms with Gasteiger partial charge in [-0.05, 0) is 43.3 Å². The minimum absolute atomic E-state index is 0.288. The molecule has 0 N–H and O–H groups in total.